The lowest BCUT2D eigenvalue weighted by atomic mass is 10.1. The van der Waals surface area contributed by atoms with Gasteiger partial charge in [0, 0.05) is 29.5 Å². The number of rotatable bonds is 4. The van der Waals surface area contributed by atoms with Crippen LogP contribution in [0.25, 0.3) is 22.4 Å². The second-order valence-corrected chi connectivity index (χ2v) is 6.75. The summed E-state index contributed by atoms with van der Waals surface area (Å²) in [5.74, 6) is 0.832. The number of benzene rings is 2. The summed E-state index contributed by atoms with van der Waals surface area (Å²) < 4.78 is 0. The molecule has 0 saturated carbocycles. The van der Waals surface area contributed by atoms with Crippen LogP contribution in [0.1, 0.15) is 21.5 Å². The number of carbonyl (C=O) groups is 1. The van der Waals surface area contributed by atoms with Gasteiger partial charge in [0.05, 0.1) is 16.0 Å². The number of nitrogens with zero attached hydrogens (tertiary/aromatic N) is 3. The average molecular weight is 387 g/mol. The summed E-state index contributed by atoms with van der Waals surface area (Å²) in [4.78, 5) is 34.9. The monoisotopic (exact) mass is 387 g/mol. The maximum Gasteiger partial charge on any atom is 0.269 e. The van der Waals surface area contributed by atoms with Crippen molar-refractivity contribution in [2.75, 3.05) is 5.32 Å². The number of non-ortho nitro benzene ring substituents is 1. The molecule has 0 atom stereocenters. The number of H-pyrrole nitrogens is 1. The van der Waals surface area contributed by atoms with Gasteiger partial charge < -0.3 is 10.3 Å². The van der Waals surface area contributed by atoms with Crippen LogP contribution in [-0.2, 0) is 0 Å². The minimum absolute atomic E-state index is 0.0174. The van der Waals surface area contributed by atoms with Crippen molar-refractivity contribution in [1.82, 2.24) is 15.0 Å². The Hall–Kier alpha value is -4.07. The normalized spacial score (nSPS) is 10.8. The third-order valence-electron chi connectivity index (χ3n) is 4.54. The number of nitrogens with one attached hydrogen (secondary N) is 2. The van der Waals surface area contributed by atoms with E-state index in [9.17, 15) is 14.9 Å². The standard InChI is InChI=1S/C21H17N5O3/c1-12-9-13(2)19(22-11-12)25-21(27)15-5-8-17-18(10-15)24-20(23-17)14-3-6-16(7-4-14)26(28)29/h3-11H,1-2H3,(H,23,24)(H,22,25,27). The lowest BCUT2D eigenvalue weighted by molar-refractivity contribution is -0.384. The van der Waals surface area contributed by atoms with E-state index in [-0.39, 0.29) is 11.6 Å². The number of carbonyl (C=O) groups excluding carboxylic acids is 1. The van der Waals surface area contributed by atoms with Crippen molar-refractivity contribution in [3.05, 3.63) is 81.5 Å². The maximum absolute atomic E-state index is 12.6. The maximum atomic E-state index is 12.6. The number of anilines is 1. The number of aryl methyl sites for hydroxylation is 2. The van der Waals surface area contributed by atoms with Crippen LogP contribution in [0.3, 0.4) is 0 Å². The Morgan fingerprint density at radius 3 is 2.55 bits per heavy atom. The van der Waals surface area contributed by atoms with E-state index in [0.29, 0.717) is 28.2 Å². The highest BCUT2D eigenvalue weighted by atomic mass is 16.6. The first-order valence-corrected chi connectivity index (χ1v) is 8.90. The summed E-state index contributed by atoms with van der Waals surface area (Å²) in [7, 11) is 0. The summed E-state index contributed by atoms with van der Waals surface area (Å²) in [6.45, 7) is 3.84. The van der Waals surface area contributed by atoms with Crippen LogP contribution in [0, 0.1) is 24.0 Å². The number of imidazole rings is 1. The molecule has 0 aliphatic heterocycles. The Bertz CT molecular complexity index is 1250. The highest BCUT2D eigenvalue weighted by molar-refractivity contribution is 6.05. The van der Waals surface area contributed by atoms with E-state index in [1.807, 2.05) is 19.9 Å². The fourth-order valence-electron chi connectivity index (χ4n) is 3.05. The zero-order valence-corrected chi connectivity index (χ0v) is 15.8. The first-order valence-electron chi connectivity index (χ1n) is 8.90. The minimum Gasteiger partial charge on any atom is -0.338 e. The van der Waals surface area contributed by atoms with Crippen molar-refractivity contribution < 1.29 is 9.72 Å². The topological polar surface area (TPSA) is 114 Å². The summed E-state index contributed by atoms with van der Waals surface area (Å²) in [5.41, 5.74) is 4.51. The molecule has 0 aliphatic rings. The third-order valence-corrected chi connectivity index (χ3v) is 4.54. The highest BCUT2D eigenvalue weighted by Crippen LogP contribution is 2.24. The van der Waals surface area contributed by atoms with Crippen molar-refractivity contribution in [1.29, 1.82) is 0 Å². The van der Waals surface area contributed by atoms with Crippen LogP contribution in [0.4, 0.5) is 11.5 Å². The molecular weight excluding hydrogens is 370 g/mol. The quantitative estimate of drug-likeness (QED) is 0.398. The van der Waals surface area contributed by atoms with Gasteiger partial charge in [-0.3, -0.25) is 14.9 Å². The molecule has 0 bridgehead atoms. The fourth-order valence-corrected chi connectivity index (χ4v) is 3.05. The van der Waals surface area contributed by atoms with E-state index in [1.54, 1.807) is 36.5 Å². The van der Waals surface area contributed by atoms with E-state index in [1.165, 1.54) is 12.1 Å². The zero-order chi connectivity index (χ0) is 20.5. The number of fused-ring (bicyclic) bond motifs is 1. The van der Waals surface area contributed by atoms with Crippen molar-refractivity contribution in [3.8, 4) is 11.4 Å². The molecule has 0 saturated heterocycles. The van der Waals surface area contributed by atoms with Crippen LogP contribution in [-0.4, -0.2) is 25.8 Å². The average Bonchev–Trinajstić information content (AvgIpc) is 3.13. The number of aromatic amines is 1. The van der Waals surface area contributed by atoms with E-state index in [2.05, 4.69) is 20.3 Å². The minimum atomic E-state index is -0.447. The van der Waals surface area contributed by atoms with Crippen LogP contribution >= 0.6 is 0 Å². The molecule has 2 heterocycles. The number of nitro benzene ring substituents is 1. The van der Waals surface area contributed by atoms with Gasteiger partial charge in [0.2, 0.25) is 0 Å². The SMILES string of the molecule is Cc1cnc(NC(=O)c2ccc3nc(-c4ccc([N+](=O)[O-])cc4)[nH]c3c2)c(C)c1. The van der Waals surface area contributed by atoms with E-state index < -0.39 is 4.92 Å². The van der Waals surface area contributed by atoms with Gasteiger partial charge in [-0.2, -0.15) is 0 Å². The summed E-state index contributed by atoms with van der Waals surface area (Å²) in [6.07, 6.45) is 1.71. The molecule has 29 heavy (non-hydrogen) atoms. The number of pyridine rings is 1. The summed E-state index contributed by atoms with van der Waals surface area (Å²) in [5, 5.41) is 13.6. The molecule has 0 unspecified atom stereocenters. The number of nitro groups is 1. The Balaban J connectivity index is 1.61. The van der Waals surface area contributed by atoms with E-state index in [0.717, 1.165) is 16.7 Å². The summed E-state index contributed by atoms with van der Waals surface area (Å²) >= 11 is 0. The molecule has 2 aromatic carbocycles. The van der Waals surface area contributed by atoms with Gasteiger partial charge in [-0.25, -0.2) is 9.97 Å². The second-order valence-electron chi connectivity index (χ2n) is 6.75. The van der Waals surface area contributed by atoms with Crippen LogP contribution < -0.4 is 5.32 Å². The molecule has 144 valence electrons. The third kappa shape index (κ3) is 3.68. The number of hydrogen-bond acceptors (Lipinski definition) is 5. The molecule has 2 aromatic heterocycles. The van der Waals surface area contributed by atoms with Gasteiger partial charge in [0.15, 0.2) is 0 Å². The predicted octanol–water partition coefficient (Wildman–Crippen LogP) is 4.40. The van der Waals surface area contributed by atoms with Gasteiger partial charge in [0.1, 0.15) is 11.6 Å². The van der Waals surface area contributed by atoms with Gasteiger partial charge in [-0.15, -0.1) is 0 Å². The molecule has 8 heteroatoms. The highest BCUT2D eigenvalue weighted by Gasteiger charge is 2.13. The molecular formula is C21H17N5O3. The molecule has 0 radical (unpaired) electrons. The first kappa shape index (κ1) is 18.3. The number of amides is 1. The molecule has 4 rings (SSSR count). The number of aromatic nitrogens is 3. The molecule has 0 aliphatic carbocycles. The Morgan fingerprint density at radius 2 is 1.86 bits per heavy atom. The zero-order valence-electron chi connectivity index (χ0n) is 15.8. The fraction of sp³-hybridized carbons (Fsp3) is 0.0952. The van der Waals surface area contributed by atoms with Gasteiger partial charge >= 0.3 is 0 Å². The van der Waals surface area contributed by atoms with Crippen molar-refractivity contribution >= 4 is 28.4 Å². The molecule has 0 fully saturated rings. The Kier molecular flexibility index (Phi) is 4.52. The second kappa shape index (κ2) is 7.16. The molecule has 1 amide bonds. The van der Waals surface area contributed by atoms with E-state index >= 15 is 0 Å². The van der Waals surface area contributed by atoms with Crippen molar-refractivity contribution in [3.63, 3.8) is 0 Å². The van der Waals surface area contributed by atoms with Gasteiger partial charge in [-0.05, 0) is 55.3 Å². The van der Waals surface area contributed by atoms with Gasteiger partial charge in [0.25, 0.3) is 11.6 Å². The van der Waals surface area contributed by atoms with Crippen LogP contribution in [0.15, 0.2) is 54.7 Å². The van der Waals surface area contributed by atoms with Gasteiger partial charge in [-0.1, -0.05) is 6.07 Å². The molecule has 8 nitrogen and oxygen atoms in total. The smallest absolute Gasteiger partial charge is 0.269 e. The van der Waals surface area contributed by atoms with Crippen molar-refractivity contribution in [2.24, 2.45) is 0 Å². The Labute approximate surface area is 165 Å². The molecule has 0 spiro atoms. The largest absolute Gasteiger partial charge is 0.338 e. The molecule has 4 aromatic rings. The van der Waals surface area contributed by atoms with Crippen molar-refractivity contribution in [2.45, 2.75) is 13.8 Å². The number of hydrogen-bond donors (Lipinski definition) is 2. The lowest BCUT2D eigenvalue weighted by Gasteiger charge is -2.08. The molecule has 2 N–H and O–H groups in total. The predicted molar refractivity (Wildman–Crippen MR) is 110 cm³/mol. The lowest BCUT2D eigenvalue weighted by Crippen LogP contribution is -2.14. The Morgan fingerprint density at radius 1 is 1.10 bits per heavy atom. The van der Waals surface area contributed by atoms with E-state index in [4.69, 9.17) is 0 Å². The first-order chi connectivity index (χ1) is 13.9. The van der Waals surface area contributed by atoms with Crippen LogP contribution in [0.2, 0.25) is 0 Å². The summed E-state index contributed by atoms with van der Waals surface area (Å²) in [6, 6.07) is 13.3. The van der Waals surface area contributed by atoms with Crippen LogP contribution in [0.5, 0.6) is 0 Å².